The zero-order chi connectivity index (χ0) is 15.6. The van der Waals surface area contributed by atoms with Gasteiger partial charge in [-0.05, 0) is 25.1 Å². The van der Waals surface area contributed by atoms with Gasteiger partial charge < -0.3 is 10.1 Å². The summed E-state index contributed by atoms with van der Waals surface area (Å²) < 4.78 is 33.9. The second-order valence-electron chi connectivity index (χ2n) is 5.36. The lowest BCUT2D eigenvalue weighted by molar-refractivity contribution is 0.124. The largest absolute Gasteiger partial charge is 0.380 e. The summed E-state index contributed by atoms with van der Waals surface area (Å²) in [5.74, 6) is 0.145. The number of hydrogen-bond acceptors (Lipinski definition) is 6. The maximum absolute atomic E-state index is 12.4. The van der Waals surface area contributed by atoms with Gasteiger partial charge in [0.05, 0.1) is 33.3 Å². The monoisotopic (exact) mass is 341 g/mol. The number of sulfonamides is 1. The number of ether oxygens (including phenoxy) is 1. The standard InChI is InChI=1S/C14H19N3O3S2/c1-10-17-13-3-2-12(6-14(13)21-10)22(18,19)16-8-11-7-15-4-5-20-9-11/h2-3,6,11,15-16H,4-5,7-9H2,1H3/t11-/m1/s1. The molecule has 1 aliphatic rings. The fourth-order valence-electron chi connectivity index (χ4n) is 2.39. The number of aryl methyl sites for hydroxylation is 1. The average molecular weight is 341 g/mol. The number of thiazole rings is 1. The molecule has 1 saturated heterocycles. The minimum Gasteiger partial charge on any atom is -0.380 e. The summed E-state index contributed by atoms with van der Waals surface area (Å²) in [5, 5.41) is 4.16. The number of aromatic nitrogens is 1. The van der Waals surface area contributed by atoms with Gasteiger partial charge >= 0.3 is 0 Å². The summed E-state index contributed by atoms with van der Waals surface area (Å²) in [6.45, 7) is 5.10. The minimum atomic E-state index is -3.51. The molecule has 1 aliphatic heterocycles. The van der Waals surface area contributed by atoms with E-state index in [1.54, 1.807) is 18.2 Å². The molecule has 0 aliphatic carbocycles. The molecule has 2 aromatic rings. The van der Waals surface area contributed by atoms with E-state index in [0.29, 0.717) is 19.8 Å². The molecule has 0 saturated carbocycles. The number of nitrogens with one attached hydrogen (secondary N) is 2. The van der Waals surface area contributed by atoms with E-state index in [2.05, 4.69) is 15.0 Å². The Bertz CT molecular complexity index is 750. The van der Waals surface area contributed by atoms with Gasteiger partial charge in [0, 0.05) is 25.6 Å². The zero-order valence-electron chi connectivity index (χ0n) is 12.3. The van der Waals surface area contributed by atoms with Crippen LogP contribution in [0.1, 0.15) is 5.01 Å². The maximum Gasteiger partial charge on any atom is 0.240 e. The van der Waals surface area contributed by atoms with Crippen molar-refractivity contribution >= 4 is 31.6 Å². The highest BCUT2D eigenvalue weighted by atomic mass is 32.2. The van der Waals surface area contributed by atoms with E-state index in [1.807, 2.05) is 6.92 Å². The lowest BCUT2D eigenvalue weighted by Gasteiger charge is -2.14. The molecule has 1 aromatic carbocycles. The Hall–Kier alpha value is -1.06. The molecule has 1 aromatic heterocycles. The molecule has 0 bridgehead atoms. The third-order valence-electron chi connectivity index (χ3n) is 3.55. The van der Waals surface area contributed by atoms with E-state index < -0.39 is 10.0 Å². The summed E-state index contributed by atoms with van der Waals surface area (Å²) in [7, 11) is -3.51. The van der Waals surface area contributed by atoms with E-state index in [0.717, 1.165) is 28.3 Å². The molecule has 1 atom stereocenters. The van der Waals surface area contributed by atoms with Crippen LogP contribution in [-0.2, 0) is 14.8 Å². The molecular weight excluding hydrogens is 322 g/mol. The number of rotatable bonds is 4. The molecule has 120 valence electrons. The maximum atomic E-state index is 12.4. The van der Waals surface area contributed by atoms with E-state index in [1.165, 1.54) is 11.3 Å². The molecule has 6 nitrogen and oxygen atoms in total. The van der Waals surface area contributed by atoms with Gasteiger partial charge in [-0.2, -0.15) is 0 Å². The Labute approximate surface area is 133 Å². The van der Waals surface area contributed by atoms with Crippen molar-refractivity contribution in [1.82, 2.24) is 15.0 Å². The van der Waals surface area contributed by atoms with Crippen LogP contribution in [0.2, 0.25) is 0 Å². The summed E-state index contributed by atoms with van der Waals surface area (Å²) in [6, 6.07) is 5.04. The molecule has 0 radical (unpaired) electrons. The Morgan fingerprint density at radius 1 is 1.50 bits per heavy atom. The number of fused-ring (bicyclic) bond motifs is 1. The van der Waals surface area contributed by atoms with Gasteiger partial charge in [0.25, 0.3) is 0 Å². The summed E-state index contributed by atoms with van der Waals surface area (Å²) >= 11 is 1.50. The highest BCUT2D eigenvalue weighted by molar-refractivity contribution is 7.89. The Morgan fingerprint density at radius 2 is 2.36 bits per heavy atom. The first-order chi connectivity index (χ1) is 10.5. The van der Waals surface area contributed by atoms with Gasteiger partial charge in [0.1, 0.15) is 0 Å². The van der Waals surface area contributed by atoms with E-state index in [4.69, 9.17) is 4.74 Å². The Kier molecular flexibility index (Phi) is 4.74. The number of hydrogen-bond donors (Lipinski definition) is 2. The molecule has 0 spiro atoms. The van der Waals surface area contributed by atoms with Crippen molar-refractivity contribution in [3.63, 3.8) is 0 Å². The smallest absolute Gasteiger partial charge is 0.240 e. The second kappa shape index (κ2) is 6.59. The van der Waals surface area contributed by atoms with E-state index in [-0.39, 0.29) is 10.8 Å². The normalized spacial score (nSPS) is 20.1. The van der Waals surface area contributed by atoms with Crippen molar-refractivity contribution < 1.29 is 13.2 Å². The minimum absolute atomic E-state index is 0.145. The first-order valence-electron chi connectivity index (χ1n) is 7.20. The number of benzene rings is 1. The lowest BCUT2D eigenvalue weighted by atomic mass is 10.2. The highest BCUT2D eigenvalue weighted by Crippen LogP contribution is 2.24. The topological polar surface area (TPSA) is 80.3 Å². The summed E-state index contributed by atoms with van der Waals surface area (Å²) in [5.41, 5.74) is 0.836. The van der Waals surface area contributed by atoms with Crippen LogP contribution in [0.4, 0.5) is 0 Å². The van der Waals surface area contributed by atoms with Gasteiger partial charge in [-0.1, -0.05) is 0 Å². The van der Waals surface area contributed by atoms with E-state index in [9.17, 15) is 8.42 Å². The average Bonchev–Trinajstić information content (AvgIpc) is 2.69. The Balaban J connectivity index is 1.72. The SMILES string of the molecule is Cc1nc2ccc(S(=O)(=O)NC[C@H]3CNCCOC3)cc2s1. The third-order valence-corrected chi connectivity index (χ3v) is 5.90. The fraction of sp³-hybridized carbons (Fsp3) is 0.500. The van der Waals surface area contributed by atoms with Crippen LogP contribution in [0, 0.1) is 12.8 Å². The van der Waals surface area contributed by atoms with E-state index >= 15 is 0 Å². The second-order valence-corrected chi connectivity index (χ2v) is 8.36. The predicted octanol–water partition coefficient (Wildman–Crippen LogP) is 1.12. The molecule has 0 amide bonds. The van der Waals surface area contributed by atoms with Gasteiger partial charge in [0.15, 0.2) is 0 Å². The Morgan fingerprint density at radius 3 is 3.23 bits per heavy atom. The molecular formula is C14H19N3O3S2. The molecule has 0 unspecified atom stereocenters. The first-order valence-corrected chi connectivity index (χ1v) is 9.50. The van der Waals surface area contributed by atoms with Crippen molar-refractivity contribution in [1.29, 1.82) is 0 Å². The molecule has 8 heteroatoms. The molecule has 2 heterocycles. The van der Waals surface area contributed by atoms with Crippen LogP contribution in [0.5, 0.6) is 0 Å². The van der Waals surface area contributed by atoms with Crippen LogP contribution in [0.25, 0.3) is 10.2 Å². The zero-order valence-corrected chi connectivity index (χ0v) is 14.0. The summed E-state index contributed by atoms with van der Waals surface area (Å²) in [6.07, 6.45) is 0. The third kappa shape index (κ3) is 3.64. The van der Waals surface area contributed by atoms with Gasteiger partial charge in [-0.25, -0.2) is 18.1 Å². The van der Waals surface area contributed by atoms with Crippen molar-refractivity contribution in [3.05, 3.63) is 23.2 Å². The number of nitrogens with zero attached hydrogens (tertiary/aromatic N) is 1. The van der Waals surface area contributed by atoms with Crippen LogP contribution in [0.3, 0.4) is 0 Å². The molecule has 2 N–H and O–H groups in total. The van der Waals surface area contributed by atoms with Crippen LogP contribution >= 0.6 is 11.3 Å². The van der Waals surface area contributed by atoms with Crippen LogP contribution in [0.15, 0.2) is 23.1 Å². The first kappa shape index (κ1) is 15.8. The summed E-state index contributed by atoms with van der Waals surface area (Å²) in [4.78, 5) is 4.63. The predicted molar refractivity (Wildman–Crippen MR) is 86.7 cm³/mol. The molecule has 22 heavy (non-hydrogen) atoms. The highest BCUT2D eigenvalue weighted by Gasteiger charge is 2.19. The quantitative estimate of drug-likeness (QED) is 0.871. The van der Waals surface area contributed by atoms with Crippen LogP contribution in [-0.4, -0.2) is 46.2 Å². The van der Waals surface area contributed by atoms with Crippen LogP contribution < -0.4 is 10.0 Å². The van der Waals surface area contributed by atoms with Gasteiger partial charge in [-0.3, -0.25) is 0 Å². The van der Waals surface area contributed by atoms with Crippen molar-refractivity contribution in [2.24, 2.45) is 5.92 Å². The van der Waals surface area contributed by atoms with Crippen molar-refractivity contribution in [2.45, 2.75) is 11.8 Å². The van der Waals surface area contributed by atoms with Crippen molar-refractivity contribution in [3.8, 4) is 0 Å². The lowest BCUT2D eigenvalue weighted by Crippen LogP contribution is -2.35. The van der Waals surface area contributed by atoms with Gasteiger partial charge in [-0.15, -0.1) is 11.3 Å². The fourth-order valence-corrected chi connectivity index (χ4v) is 4.47. The van der Waals surface area contributed by atoms with Crippen molar-refractivity contribution in [2.75, 3.05) is 32.8 Å². The van der Waals surface area contributed by atoms with Gasteiger partial charge in [0.2, 0.25) is 10.0 Å². The molecule has 1 fully saturated rings. The molecule has 3 rings (SSSR count).